The number of Topliss-reactive ketones (excluding diaryl/α,β-unsaturated/α-hetero) is 1. The van der Waals surface area contributed by atoms with Crippen LogP contribution in [0.25, 0.3) is 0 Å². The van der Waals surface area contributed by atoms with Crippen LogP contribution in [0.15, 0.2) is 18.2 Å². The van der Waals surface area contributed by atoms with Gasteiger partial charge in [-0.25, -0.2) is 13.2 Å². The number of nitrogens with zero attached hydrogens (tertiary/aromatic N) is 1. The second-order valence-corrected chi connectivity index (χ2v) is 11.9. The molecule has 4 saturated carbocycles. The van der Waals surface area contributed by atoms with Crippen LogP contribution in [0, 0.1) is 23.2 Å². The lowest BCUT2D eigenvalue weighted by atomic mass is 9.48. The third-order valence-corrected chi connectivity index (χ3v) is 8.96. The number of rotatable bonds is 5. The Morgan fingerprint density at radius 1 is 1.10 bits per heavy atom. The lowest BCUT2D eigenvalue weighted by Crippen LogP contribution is -2.52. The van der Waals surface area contributed by atoms with Crippen LogP contribution < -0.4 is 4.31 Å². The minimum absolute atomic E-state index is 0.0966. The summed E-state index contributed by atoms with van der Waals surface area (Å²) in [7, 11) is -3.33. The first-order valence-electron chi connectivity index (χ1n) is 11.0. The first-order chi connectivity index (χ1) is 14.1. The summed E-state index contributed by atoms with van der Waals surface area (Å²) in [6, 6.07) is 4.95. The Labute approximate surface area is 178 Å². The lowest BCUT2D eigenvalue weighted by molar-refractivity contribution is -0.152. The number of ketones is 1. The second kappa shape index (κ2) is 6.81. The van der Waals surface area contributed by atoms with Crippen LogP contribution in [0.5, 0.6) is 0 Å². The molecule has 1 heterocycles. The SMILES string of the molecule is C[C@H](OC(=O)c1ccc2c(c1)CCN2S(C)(=O)=O)C(=O)C12CC3CC(CC(C3)C1)C2. The Balaban J connectivity index is 1.30. The van der Waals surface area contributed by atoms with Gasteiger partial charge in [-0.3, -0.25) is 9.10 Å². The Bertz CT molecular complexity index is 979. The van der Waals surface area contributed by atoms with E-state index in [2.05, 4.69) is 0 Å². The average Bonchev–Trinajstić information content (AvgIpc) is 3.09. The van der Waals surface area contributed by atoms with E-state index in [1.807, 2.05) is 0 Å². The van der Waals surface area contributed by atoms with E-state index in [0.29, 0.717) is 42.0 Å². The molecule has 0 N–H and O–H groups in total. The fourth-order valence-corrected chi connectivity index (χ4v) is 7.93. The quantitative estimate of drug-likeness (QED) is 0.668. The van der Waals surface area contributed by atoms with Crippen molar-refractivity contribution in [2.45, 2.75) is 58.0 Å². The Morgan fingerprint density at radius 3 is 2.27 bits per heavy atom. The number of fused-ring (bicyclic) bond motifs is 1. The van der Waals surface area contributed by atoms with E-state index in [-0.39, 0.29) is 11.2 Å². The summed E-state index contributed by atoms with van der Waals surface area (Å²) >= 11 is 0. The molecule has 1 aromatic rings. The van der Waals surface area contributed by atoms with E-state index in [0.717, 1.165) is 24.8 Å². The van der Waals surface area contributed by atoms with Gasteiger partial charge in [0, 0.05) is 12.0 Å². The highest BCUT2D eigenvalue weighted by Gasteiger charge is 2.55. The van der Waals surface area contributed by atoms with Crippen LogP contribution in [0.1, 0.15) is 61.4 Å². The maximum absolute atomic E-state index is 13.4. The average molecular weight is 432 g/mol. The van der Waals surface area contributed by atoms with Gasteiger partial charge in [0.25, 0.3) is 0 Å². The van der Waals surface area contributed by atoms with Gasteiger partial charge in [0.2, 0.25) is 10.0 Å². The van der Waals surface area contributed by atoms with E-state index in [1.54, 1.807) is 25.1 Å². The molecule has 0 spiro atoms. The summed E-state index contributed by atoms with van der Waals surface area (Å²) in [6.07, 6.45) is 7.66. The van der Waals surface area contributed by atoms with E-state index in [1.165, 1.54) is 29.8 Å². The highest BCUT2D eigenvalue weighted by Crippen LogP contribution is 2.60. The lowest BCUT2D eigenvalue weighted by Gasteiger charge is -2.56. The number of hydrogen-bond donors (Lipinski definition) is 0. The number of ether oxygens (including phenoxy) is 1. The van der Waals surface area contributed by atoms with Gasteiger partial charge in [-0.15, -0.1) is 0 Å². The van der Waals surface area contributed by atoms with Crippen molar-refractivity contribution < 1.29 is 22.7 Å². The predicted molar refractivity (Wildman–Crippen MR) is 113 cm³/mol. The molecule has 4 bridgehead atoms. The molecular weight excluding hydrogens is 402 g/mol. The number of esters is 1. The van der Waals surface area contributed by atoms with E-state index in [4.69, 9.17) is 4.74 Å². The molecule has 4 aliphatic carbocycles. The van der Waals surface area contributed by atoms with Crippen molar-refractivity contribution in [1.29, 1.82) is 0 Å². The first-order valence-corrected chi connectivity index (χ1v) is 12.9. The van der Waals surface area contributed by atoms with Crippen molar-refractivity contribution in [3.63, 3.8) is 0 Å². The highest BCUT2D eigenvalue weighted by atomic mass is 32.2. The molecule has 7 heteroatoms. The predicted octanol–water partition coefficient (Wildman–Crippen LogP) is 3.34. The van der Waals surface area contributed by atoms with Crippen LogP contribution in [-0.4, -0.2) is 39.1 Å². The number of carbonyl (C=O) groups is 2. The summed E-state index contributed by atoms with van der Waals surface area (Å²) in [4.78, 5) is 26.1. The van der Waals surface area contributed by atoms with Crippen LogP contribution in [0.4, 0.5) is 5.69 Å². The number of hydrogen-bond acceptors (Lipinski definition) is 5. The second-order valence-electron chi connectivity index (χ2n) is 10.0. The molecule has 6 rings (SSSR count). The first kappa shape index (κ1) is 20.0. The van der Waals surface area contributed by atoms with Crippen molar-refractivity contribution in [1.82, 2.24) is 0 Å². The van der Waals surface area contributed by atoms with Crippen LogP contribution in [0.2, 0.25) is 0 Å². The van der Waals surface area contributed by atoms with Crippen LogP contribution in [0.3, 0.4) is 0 Å². The van der Waals surface area contributed by atoms with Gasteiger partial charge in [0.1, 0.15) is 0 Å². The Kier molecular flexibility index (Phi) is 4.55. The standard InChI is InChI=1S/C23H29NO5S/c1-14(21(25)23-11-15-7-16(12-23)9-17(8-15)13-23)29-22(26)19-3-4-20-18(10-19)5-6-24(20)30(2,27)28/h3-4,10,14-17H,5-9,11-13H2,1-2H3/t14-,15?,16?,17?,23?/m0/s1. The topological polar surface area (TPSA) is 80.8 Å². The summed E-state index contributed by atoms with van der Waals surface area (Å²) < 4.78 is 30.8. The van der Waals surface area contributed by atoms with E-state index < -0.39 is 22.1 Å². The molecule has 30 heavy (non-hydrogen) atoms. The molecule has 6 nitrogen and oxygen atoms in total. The minimum atomic E-state index is -3.33. The molecule has 162 valence electrons. The van der Waals surface area contributed by atoms with Crippen molar-refractivity contribution in [3.05, 3.63) is 29.3 Å². The van der Waals surface area contributed by atoms with Crippen molar-refractivity contribution >= 4 is 27.5 Å². The maximum atomic E-state index is 13.4. The van der Waals surface area contributed by atoms with E-state index >= 15 is 0 Å². The molecule has 0 aromatic heterocycles. The maximum Gasteiger partial charge on any atom is 0.338 e. The number of benzene rings is 1. The molecular formula is C23H29NO5S. The van der Waals surface area contributed by atoms with Gasteiger partial charge in [-0.1, -0.05) is 0 Å². The summed E-state index contributed by atoms with van der Waals surface area (Å²) in [5.74, 6) is 1.58. The number of sulfonamides is 1. The fourth-order valence-electron chi connectivity index (χ4n) is 6.97. The monoisotopic (exact) mass is 431 g/mol. The smallest absolute Gasteiger partial charge is 0.338 e. The van der Waals surface area contributed by atoms with Crippen LogP contribution >= 0.6 is 0 Å². The molecule has 1 aromatic carbocycles. The molecule has 1 aliphatic heterocycles. The summed E-state index contributed by atoms with van der Waals surface area (Å²) in [5, 5.41) is 0. The zero-order valence-electron chi connectivity index (χ0n) is 17.6. The molecule has 1 atom stereocenters. The van der Waals surface area contributed by atoms with Gasteiger partial charge in [0.05, 0.1) is 17.5 Å². The molecule has 0 amide bonds. The van der Waals surface area contributed by atoms with Gasteiger partial charge >= 0.3 is 5.97 Å². The molecule has 5 aliphatic rings. The van der Waals surface area contributed by atoms with Gasteiger partial charge < -0.3 is 4.74 Å². The minimum Gasteiger partial charge on any atom is -0.451 e. The fraction of sp³-hybridized carbons (Fsp3) is 0.652. The number of carbonyl (C=O) groups excluding carboxylic acids is 2. The van der Waals surface area contributed by atoms with Gasteiger partial charge in [-0.2, -0.15) is 0 Å². The van der Waals surface area contributed by atoms with Crippen molar-refractivity contribution in [2.24, 2.45) is 23.2 Å². The third-order valence-electron chi connectivity index (χ3n) is 7.78. The molecule has 0 unspecified atom stereocenters. The Hall–Kier alpha value is -1.89. The zero-order valence-corrected chi connectivity index (χ0v) is 18.4. The van der Waals surface area contributed by atoms with E-state index in [9.17, 15) is 18.0 Å². The molecule has 0 saturated heterocycles. The summed E-state index contributed by atoms with van der Waals surface area (Å²) in [5.41, 5.74) is 1.51. The zero-order chi connectivity index (χ0) is 21.3. The number of anilines is 1. The van der Waals surface area contributed by atoms with Gasteiger partial charge in [0.15, 0.2) is 11.9 Å². The van der Waals surface area contributed by atoms with Crippen molar-refractivity contribution in [2.75, 3.05) is 17.1 Å². The Morgan fingerprint density at radius 2 is 1.70 bits per heavy atom. The van der Waals surface area contributed by atoms with Crippen molar-refractivity contribution in [3.8, 4) is 0 Å². The molecule has 0 radical (unpaired) electrons. The van der Waals surface area contributed by atoms with Gasteiger partial charge in [-0.05, 0) is 93.4 Å². The molecule has 4 fully saturated rings. The third kappa shape index (κ3) is 3.26. The normalized spacial score (nSPS) is 32.7. The largest absolute Gasteiger partial charge is 0.451 e. The summed E-state index contributed by atoms with van der Waals surface area (Å²) in [6.45, 7) is 2.09. The van der Waals surface area contributed by atoms with Crippen LogP contribution in [-0.2, 0) is 26.0 Å². The highest BCUT2D eigenvalue weighted by molar-refractivity contribution is 7.92.